The van der Waals surface area contributed by atoms with E-state index in [1.807, 2.05) is 30.3 Å². The Balaban J connectivity index is 2.00. The van der Waals surface area contributed by atoms with Crippen molar-refractivity contribution in [2.24, 2.45) is 5.41 Å². The number of nitrogens with one attached hydrogen (secondary N) is 2. The molecule has 0 saturated carbocycles. The van der Waals surface area contributed by atoms with Gasteiger partial charge >= 0.3 is 0 Å². The van der Waals surface area contributed by atoms with Gasteiger partial charge in [0.05, 0.1) is 10.0 Å². The van der Waals surface area contributed by atoms with Crippen LogP contribution in [0.1, 0.15) is 19.4 Å². The number of halogens is 2. The van der Waals surface area contributed by atoms with Gasteiger partial charge in [0.1, 0.15) is 5.41 Å². The van der Waals surface area contributed by atoms with E-state index in [1.54, 1.807) is 32.0 Å². The van der Waals surface area contributed by atoms with Gasteiger partial charge in [-0.25, -0.2) is 0 Å². The first kappa shape index (κ1) is 18.3. The molecule has 4 nitrogen and oxygen atoms in total. The summed E-state index contributed by atoms with van der Waals surface area (Å²) >= 11 is 11.8. The predicted octanol–water partition coefficient (Wildman–Crippen LogP) is 4.27. The van der Waals surface area contributed by atoms with Crippen LogP contribution in [0.25, 0.3) is 0 Å². The fraction of sp³-hybridized carbons (Fsp3) is 0.222. The molecule has 0 aliphatic heterocycles. The zero-order valence-electron chi connectivity index (χ0n) is 13.4. The number of anilines is 1. The molecule has 2 rings (SSSR count). The molecule has 0 heterocycles. The number of hydrogen-bond acceptors (Lipinski definition) is 2. The number of rotatable bonds is 5. The molecule has 0 unspecified atom stereocenters. The topological polar surface area (TPSA) is 58.2 Å². The SMILES string of the molecule is CC(C)(C(=O)NCc1ccccc1)C(=O)Nc1ccc(Cl)c(Cl)c1. The number of hydrogen-bond donors (Lipinski definition) is 2. The van der Waals surface area contributed by atoms with Crippen LogP contribution in [-0.4, -0.2) is 11.8 Å². The van der Waals surface area contributed by atoms with E-state index in [4.69, 9.17) is 23.2 Å². The van der Waals surface area contributed by atoms with Crippen molar-refractivity contribution >= 4 is 40.7 Å². The molecule has 0 aromatic heterocycles. The average Bonchev–Trinajstić information content (AvgIpc) is 2.56. The average molecular weight is 365 g/mol. The molecule has 0 spiro atoms. The van der Waals surface area contributed by atoms with Crippen molar-refractivity contribution in [1.29, 1.82) is 0 Å². The van der Waals surface area contributed by atoms with Gasteiger partial charge in [-0.15, -0.1) is 0 Å². The van der Waals surface area contributed by atoms with Crippen molar-refractivity contribution in [3.8, 4) is 0 Å². The van der Waals surface area contributed by atoms with Crippen LogP contribution in [0, 0.1) is 5.41 Å². The maximum Gasteiger partial charge on any atom is 0.239 e. The summed E-state index contributed by atoms with van der Waals surface area (Å²) in [6, 6.07) is 14.3. The quantitative estimate of drug-likeness (QED) is 0.778. The van der Waals surface area contributed by atoms with Gasteiger partial charge in [-0.1, -0.05) is 53.5 Å². The van der Waals surface area contributed by atoms with Crippen LogP contribution in [0.4, 0.5) is 5.69 Å². The highest BCUT2D eigenvalue weighted by Crippen LogP contribution is 2.26. The lowest BCUT2D eigenvalue weighted by Gasteiger charge is -2.23. The summed E-state index contributed by atoms with van der Waals surface area (Å²) in [4.78, 5) is 24.8. The third kappa shape index (κ3) is 4.49. The lowest BCUT2D eigenvalue weighted by Crippen LogP contribution is -2.44. The fourth-order valence-corrected chi connectivity index (χ4v) is 2.26. The van der Waals surface area contributed by atoms with Gasteiger partial charge in [0.25, 0.3) is 0 Å². The van der Waals surface area contributed by atoms with Crippen LogP contribution >= 0.6 is 23.2 Å². The molecule has 2 aromatic carbocycles. The number of amides is 2. The van der Waals surface area contributed by atoms with Gasteiger partial charge in [-0.05, 0) is 37.6 Å². The summed E-state index contributed by atoms with van der Waals surface area (Å²) in [5.41, 5.74) is 0.214. The Morgan fingerprint density at radius 3 is 2.25 bits per heavy atom. The van der Waals surface area contributed by atoms with Gasteiger partial charge < -0.3 is 10.6 Å². The highest BCUT2D eigenvalue weighted by atomic mass is 35.5. The van der Waals surface area contributed by atoms with E-state index in [0.717, 1.165) is 5.56 Å². The van der Waals surface area contributed by atoms with Gasteiger partial charge in [0, 0.05) is 12.2 Å². The van der Waals surface area contributed by atoms with E-state index < -0.39 is 11.3 Å². The Morgan fingerprint density at radius 2 is 1.62 bits per heavy atom. The Morgan fingerprint density at radius 1 is 0.958 bits per heavy atom. The molecule has 0 fully saturated rings. The standard InChI is InChI=1S/C18H18Cl2N2O2/c1-18(2,16(23)21-11-12-6-4-3-5-7-12)17(24)22-13-8-9-14(19)15(20)10-13/h3-10H,11H2,1-2H3,(H,21,23)(H,22,24). The van der Waals surface area contributed by atoms with Crippen molar-refractivity contribution in [1.82, 2.24) is 5.32 Å². The minimum atomic E-state index is -1.24. The Labute approximate surface area is 151 Å². The molecule has 0 saturated heterocycles. The maximum atomic E-state index is 12.4. The zero-order chi connectivity index (χ0) is 17.7. The number of carbonyl (C=O) groups is 2. The van der Waals surface area contributed by atoms with E-state index in [-0.39, 0.29) is 5.91 Å². The van der Waals surface area contributed by atoms with Crippen molar-refractivity contribution in [3.63, 3.8) is 0 Å². The number of benzene rings is 2. The molecular weight excluding hydrogens is 347 g/mol. The lowest BCUT2D eigenvalue weighted by molar-refractivity contribution is -0.138. The molecule has 0 aliphatic carbocycles. The predicted molar refractivity (Wildman–Crippen MR) is 97.2 cm³/mol. The zero-order valence-corrected chi connectivity index (χ0v) is 14.9. The van der Waals surface area contributed by atoms with Crippen LogP contribution in [0.5, 0.6) is 0 Å². The van der Waals surface area contributed by atoms with Crippen LogP contribution in [0.3, 0.4) is 0 Å². The molecule has 2 aromatic rings. The molecular formula is C18H18Cl2N2O2. The third-order valence-corrected chi connectivity index (χ3v) is 4.35. The molecule has 2 N–H and O–H groups in total. The second-order valence-corrected chi connectivity index (χ2v) is 6.69. The third-order valence-electron chi connectivity index (χ3n) is 3.61. The smallest absolute Gasteiger partial charge is 0.239 e. The van der Waals surface area contributed by atoms with Gasteiger partial charge in [0.2, 0.25) is 11.8 Å². The molecule has 126 valence electrons. The first-order valence-electron chi connectivity index (χ1n) is 7.39. The summed E-state index contributed by atoms with van der Waals surface area (Å²) in [5.74, 6) is -0.782. The van der Waals surface area contributed by atoms with Crippen LogP contribution < -0.4 is 10.6 Å². The second-order valence-electron chi connectivity index (χ2n) is 5.88. The summed E-state index contributed by atoms with van der Waals surface area (Å²) in [5, 5.41) is 6.20. The molecule has 0 atom stereocenters. The van der Waals surface area contributed by atoms with Crippen molar-refractivity contribution in [2.45, 2.75) is 20.4 Å². The first-order valence-corrected chi connectivity index (χ1v) is 8.15. The van der Waals surface area contributed by atoms with Gasteiger partial charge in [0.15, 0.2) is 0 Å². The van der Waals surface area contributed by atoms with Crippen molar-refractivity contribution in [3.05, 3.63) is 64.1 Å². The van der Waals surface area contributed by atoms with Crippen LogP contribution in [0.2, 0.25) is 10.0 Å². The Kier molecular flexibility index (Phi) is 5.86. The number of carbonyl (C=O) groups excluding carboxylic acids is 2. The van der Waals surface area contributed by atoms with Crippen molar-refractivity contribution < 1.29 is 9.59 Å². The van der Waals surface area contributed by atoms with Gasteiger partial charge in [-0.2, -0.15) is 0 Å². The van der Waals surface area contributed by atoms with E-state index in [0.29, 0.717) is 22.3 Å². The van der Waals surface area contributed by atoms with E-state index >= 15 is 0 Å². The minimum Gasteiger partial charge on any atom is -0.351 e. The molecule has 0 bridgehead atoms. The highest BCUT2D eigenvalue weighted by Gasteiger charge is 2.36. The minimum absolute atomic E-state index is 0.334. The molecule has 24 heavy (non-hydrogen) atoms. The largest absolute Gasteiger partial charge is 0.351 e. The van der Waals surface area contributed by atoms with Crippen LogP contribution in [-0.2, 0) is 16.1 Å². The van der Waals surface area contributed by atoms with Gasteiger partial charge in [-0.3, -0.25) is 9.59 Å². The summed E-state index contributed by atoms with van der Waals surface area (Å²) in [6.45, 7) is 3.50. The molecule has 0 aliphatic rings. The Bertz CT molecular complexity index is 746. The molecule has 0 radical (unpaired) electrons. The first-order chi connectivity index (χ1) is 11.3. The summed E-state index contributed by atoms with van der Waals surface area (Å²) < 4.78 is 0. The molecule has 2 amide bonds. The highest BCUT2D eigenvalue weighted by molar-refractivity contribution is 6.42. The second kappa shape index (κ2) is 7.69. The monoisotopic (exact) mass is 364 g/mol. The van der Waals surface area contributed by atoms with E-state index in [1.165, 1.54) is 0 Å². The lowest BCUT2D eigenvalue weighted by atomic mass is 9.91. The fourth-order valence-electron chi connectivity index (χ4n) is 1.96. The maximum absolute atomic E-state index is 12.4. The summed E-state index contributed by atoms with van der Waals surface area (Å²) in [6.07, 6.45) is 0. The molecule has 6 heteroatoms. The Hall–Kier alpha value is -2.04. The normalized spacial score (nSPS) is 11.0. The van der Waals surface area contributed by atoms with Crippen LogP contribution in [0.15, 0.2) is 48.5 Å². The summed E-state index contributed by atoms with van der Waals surface area (Å²) in [7, 11) is 0. The van der Waals surface area contributed by atoms with E-state index in [9.17, 15) is 9.59 Å². The van der Waals surface area contributed by atoms with E-state index in [2.05, 4.69) is 10.6 Å². The van der Waals surface area contributed by atoms with Crippen molar-refractivity contribution in [2.75, 3.05) is 5.32 Å².